The van der Waals surface area contributed by atoms with E-state index in [-0.39, 0.29) is 11.6 Å². The van der Waals surface area contributed by atoms with Crippen LogP contribution in [0.3, 0.4) is 0 Å². The lowest BCUT2D eigenvalue weighted by atomic mass is 10.2. The average molecular weight is 275 g/mol. The van der Waals surface area contributed by atoms with Gasteiger partial charge in [0.15, 0.2) is 17.3 Å². The maximum absolute atomic E-state index is 11.0. The van der Waals surface area contributed by atoms with Crippen LogP contribution in [-0.4, -0.2) is 33.6 Å². The van der Waals surface area contributed by atoms with Gasteiger partial charge in [0.2, 0.25) is 0 Å². The number of nitrogens with zero attached hydrogens (tertiary/aromatic N) is 3. The van der Waals surface area contributed by atoms with E-state index in [0.717, 1.165) is 0 Å². The third-order valence-electron chi connectivity index (χ3n) is 2.46. The van der Waals surface area contributed by atoms with Crippen molar-refractivity contribution in [2.75, 3.05) is 12.5 Å². The normalized spacial score (nSPS) is 10.7. The lowest BCUT2D eigenvalue weighted by Gasteiger charge is -2.03. The first-order valence-corrected chi connectivity index (χ1v) is 5.69. The highest BCUT2D eigenvalue weighted by Gasteiger charge is 2.02. The number of ether oxygens (including phenoxy) is 1. The molecule has 0 atom stereocenters. The number of hydrogen-bond acceptors (Lipinski definition) is 7. The second-order valence-electron chi connectivity index (χ2n) is 3.88. The standard InChI is InChI=1S/C12H13N5O3/c1-7-11(14-12(19)17-15-7)16-13-6-8-3-4-10(20-2)9(18)5-8/h3-6,18H,1-2H3,(H2,14,16,17,19)/b13-6+. The molecule has 20 heavy (non-hydrogen) atoms. The Hall–Kier alpha value is -2.90. The zero-order chi connectivity index (χ0) is 14.5. The number of phenols is 1. The van der Waals surface area contributed by atoms with Crippen molar-refractivity contribution in [2.45, 2.75) is 6.92 Å². The summed E-state index contributed by atoms with van der Waals surface area (Å²) < 4.78 is 4.94. The molecule has 1 aromatic heterocycles. The number of rotatable bonds is 4. The number of nitrogens with one attached hydrogen (secondary N) is 2. The number of aromatic amines is 1. The third-order valence-corrected chi connectivity index (χ3v) is 2.46. The molecule has 0 saturated carbocycles. The van der Waals surface area contributed by atoms with E-state index in [4.69, 9.17) is 4.74 Å². The molecular weight excluding hydrogens is 262 g/mol. The first-order chi connectivity index (χ1) is 9.60. The number of anilines is 1. The van der Waals surface area contributed by atoms with E-state index >= 15 is 0 Å². The lowest BCUT2D eigenvalue weighted by Crippen LogP contribution is -2.15. The Bertz CT molecular complexity index is 696. The zero-order valence-electron chi connectivity index (χ0n) is 10.9. The molecule has 0 unspecified atom stereocenters. The molecule has 0 saturated heterocycles. The Morgan fingerprint density at radius 3 is 3.00 bits per heavy atom. The highest BCUT2D eigenvalue weighted by molar-refractivity contribution is 5.81. The highest BCUT2D eigenvalue weighted by Crippen LogP contribution is 2.25. The summed E-state index contributed by atoms with van der Waals surface area (Å²) in [4.78, 5) is 14.7. The predicted octanol–water partition coefficient (Wildman–Crippen LogP) is 0.634. The summed E-state index contributed by atoms with van der Waals surface area (Å²) in [5, 5.41) is 19.5. The van der Waals surface area contributed by atoms with E-state index in [1.165, 1.54) is 19.4 Å². The molecule has 1 heterocycles. The molecule has 0 aliphatic carbocycles. The smallest absolute Gasteiger partial charge is 0.363 e. The van der Waals surface area contributed by atoms with Gasteiger partial charge in [-0.05, 0) is 30.7 Å². The molecule has 0 amide bonds. The Kier molecular flexibility index (Phi) is 3.94. The molecule has 2 aromatic rings. The number of aromatic hydroxyl groups is 1. The van der Waals surface area contributed by atoms with Crippen molar-refractivity contribution in [1.29, 1.82) is 0 Å². The molecule has 0 aliphatic heterocycles. The van der Waals surface area contributed by atoms with E-state index in [0.29, 0.717) is 17.0 Å². The van der Waals surface area contributed by atoms with Gasteiger partial charge < -0.3 is 9.84 Å². The van der Waals surface area contributed by atoms with Crippen LogP contribution in [0, 0.1) is 6.92 Å². The predicted molar refractivity (Wildman–Crippen MR) is 73.3 cm³/mol. The largest absolute Gasteiger partial charge is 0.504 e. The minimum absolute atomic E-state index is 0.0172. The van der Waals surface area contributed by atoms with Gasteiger partial charge in [0, 0.05) is 0 Å². The fourth-order valence-corrected chi connectivity index (χ4v) is 1.45. The molecule has 3 N–H and O–H groups in total. The van der Waals surface area contributed by atoms with E-state index < -0.39 is 5.69 Å². The maximum Gasteiger partial charge on any atom is 0.363 e. The SMILES string of the molecule is COc1ccc(/C=N/Nc2nc(=O)[nH]nc2C)cc1O. The molecule has 0 bridgehead atoms. The number of hydrazone groups is 1. The van der Waals surface area contributed by atoms with Gasteiger partial charge in [-0.15, -0.1) is 0 Å². The van der Waals surface area contributed by atoms with Crippen LogP contribution in [0.5, 0.6) is 11.5 Å². The first-order valence-electron chi connectivity index (χ1n) is 5.69. The van der Waals surface area contributed by atoms with E-state index in [9.17, 15) is 9.90 Å². The Labute approximate surface area is 114 Å². The fraction of sp³-hybridized carbons (Fsp3) is 0.167. The highest BCUT2D eigenvalue weighted by atomic mass is 16.5. The van der Waals surface area contributed by atoms with Crippen LogP contribution in [0.1, 0.15) is 11.3 Å². The summed E-state index contributed by atoms with van der Waals surface area (Å²) in [6.07, 6.45) is 1.47. The molecule has 104 valence electrons. The third kappa shape index (κ3) is 3.10. The summed E-state index contributed by atoms with van der Waals surface area (Å²) >= 11 is 0. The van der Waals surface area contributed by atoms with E-state index in [1.807, 2.05) is 0 Å². The van der Waals surface area contributed by atoms with Crippen molar-refractivity contribution < 1.29 is 9.84 Å². The van der Waals surface area contributed by atoms with Crippen molar-refractivity contribution in [3.05, 3.63) is 39.9 Å². The van der Waals surface area contributed by atoms with Gasteiger partial charge in [0.25, 0.3) is 0 Å². The molecule has 2 rings (SSSR count). The Balaban J connectivity index is 2.12. The van der Waals surface area contributed by atoms with Crippen LogP contribution in [0.15, 0.2) is 28.1 Å². The number of H-pyrrole nitrogens is 1. The van der Waals surface area contributed by atoms with Gasteiger partial charge in [-0.2, -0.15) is 15.2 Å². The van der Waals surface area contributed by atoms with Gasteiger partial charge in [0.1, 0.15) is 5.69 Å². The van der Waals surface area contributed by atoms with Crippen LogP contribution in [0.4, 0.5) is 5.82 Å². The van der Waals surface area contributed by atoms with E-state index in [2.05, 4.69) is 25.7 Å². The van der Waals surface area contributed by atoms with Gasteiger partial charge in [0.05, 0.1) is 13.3 Å². The van der Waals surface area contributed by atoms with Gasteiger partial charge in [-0.3, -0.25) is 5.43 Å². The zero-order valence-corrected chi connectivity index (χ0v) is 10.9. The average Bonchev–Trinajstić information content (AvgIpc) is 2.43. The summed E-state index contributed by atoms with van der Waals surface area (Å²) in [6.45, 7) is 1.68. The molecule has 8 heteroatoms. The van der Waals surface area contributed by atoms with Crippen LogP contribution < -0.4 is 15.9 Å². The number of phenolic OH excluding ortho intramolecular Hbond substituents is 1. The van der Waals surface area contributed by atoms with Crippen LogP contribution in [0.25, 0.3) is 0 Å². The van der Waals surface area contributed by atoms with Crippen molar-refractivity contribution in [3.63, 3.8) is 0 Å². The molecule has 0 radical (unpaired) electrons. The first kappa shape index (κ1) is 13.5. The topological polar surface area (TPSA) is 112 Å². The van der Waals surface area contributed by atoms with Crippen LogP contribution in [0.2, 0.25) is 0 Å². The summed E-state index contributed by atoms with van der Waals surface area (Å²) in [6, 6.07) is 4.84. The minimum atomic E-state index is -0.560. The molecule has 0 spiro atoms. The van der Waals surface area contributed by atoms with Crippen LogP contribution >= 0.6 is 0 Å². The Morgan fingerprint density at radius 2 is 2.30 bits per heavy atom. The molecule has 1 aromatic carbocycles. The van der Waals surface area contributed by atoms with Crippen molar-refractivity contribution >= 4 is 12.0 Å². The van der Waals surface area contributed by atoms with Crippen molar-refractivity contribution in [3.8, 4) is 11.5 Å². The Morgan fingerprint density at radius 1 is 1.50 bits per heavy atom. The van der Waals surface area contributed by atoms with Crippen molar-refractivity contribution in [2.24, 2.45) is 5.10 Å². The summed E-state index contributed by atoms with van der Waals surface area (Å²) in [5.74, 6) is 0.665. The molecular formula is C12H13N5O3. The van der Waals surface area contributed by atoms with Gasteiger partial charge >= 0.3 is 5.69 Å². The number of methoxy groups -OCH3 is 1. The monoisotopic (exact) mass is 275 g/mol. The summed E-state index contributed by atoms with van der Waals surface area (Å²) in [7, 11) is 1.47. The number of aryl methyl sites for hydroxylation is 1. The second kappa shape index (κ2) is 5.83. The fourth-order valence-electron chi connectivity index (χ4n) is 1.45. The number of benzene rings is 1. The maximum atomic E-state index is 11.0. The molecule has 0 fully saturated rings. The minimum Gasteiger partial charge on any atom is -0.504 e. The van der Waals surface area contributed by atoms with Crippen LogP contribution in [-0.2, 0) is 0 Å². The van der Waals surface area contributed by atoms with Gasteiger partial charge in [-0.1, -0.05) is 0 Å². The quantitative estimate of drug-likeness (QED) is 0.557. The molecule has 0 aliphatic rings. The number of hydrogen-bond donors (Lipinski definition) is 3. The number of aromatic nitrogens is 3. The summed E-state index contributed by atoms with van der Waals surface area (Å²) in [5.41, 5.74) is 3.23. The van der Waals surface area contributed by atoms with E-state index in [1.54, 1.807) is 19.1 Å². The lowest BCUT2D eigenvalue weighted by molar-refractivity contribution is 0.373. The molecule has 8 nitrogen and oxygen atoms in total. The van der Waals surface area contributed by atoms with Crippen molar-refractivity contribution in [1.82, 2.24) is 15.2 Å². The van der Waals surface area contributed by atoms with Gasteiger partial charge in [-0.25, -0.2) is 9.89 Å². The second-order valence-corrected chi connectivity index (χ2v) is 3.88.